The van der Waals surface area contributed by atoms with Crippen LogP contribution >= 0.6 is 0 Å². The highest BCUT2D eigenvalue weighted by atomic mass is 16.5. The SMILES string of the molecule is CCC1CN(C(C)COC)C(CC)CN1. The Hall–Kier alpha value is -0.120. The van der Waals surface area contributed by atoms with Crippen LogP contribution in [0.15, 0.2) is 0 Å². The Morgan fingerprint density at radius 1 is 1.40 bits per heavy atom. The summed E-state index contributed by atoms with van der Waals surface area (Å²) in [7, 11) is 1.79. The molecule has 3 unspecified atom stereocenters. The Labute approximate surface area is 94.2 Å². The fourth-order valence-electron chi connectivity index (χ4n) is 2.42. The van der Waals surface area contributed by atoms with Gasteiger partial charge in [-0.2, -0.15) is 0 Å². The molecule has 1 aliphatic heterocycles. The molecule has 0 radical (unpaired) electrons. The van der Waals surface area contributed by atoms with Gasteiger partial charge in [-0.25, -0.2) is 0 Å². The van der Waals surface area contributed by atoms with E-state index in [1.54, 1.807) is 7.11 Å². The molecule has 0 spiro atoms. The lowest BCUT2D eigenvalue weighted by molar-refractivity contribution is 0.0393. The van der Waals surface area contributed by atoms with Crippen molar-refractivity contribution in [2.45, 2.75) is 51.7 Å². The second-order valence-corrected chi connectivity index (χ2v) is 4.58. The molecule has 0 aromatic rings. The Bertz CT molecular complexity index is 175. The fourth-order valence-corrected chi connectivity index (χ4v) is 2.42. The lowest BCUT2D eigenvalue weighted by Gasteiger charge is -2.43. The number of methoxy groups -OCH3 is 1. The topological polar surface area (TPSA) is 24.5 Å². The van der Waals surface area contributed by atoms with Crippen LogP contribution in [-0.4, -0.2) is 49.8 Å². The van der Waals surface area contributed by atoms with E-state index < -0.39 is 0 Å². The first-order chi connectivity index (χ1) is 7.22. The number of piperazine rings is 1. The average Bonchev–Trinajstić information content (AvgIpc) is 2.28. The van der Waals surface area contributed by atoms with Gasteiger partial charge in [-0.05, 0) is 19.8 Å². The van der Waals surface area contributed by atoms with Crippen LogP contribution in [0.5, 0.6) is 0 Å². The maximum absolute atomic E-state index is 5.26. The first-order valence-corrected chi connectivity index (χ1v) is 6.20. The van der Waals surface area contributed by atoms with Gasteiger partial charge in [0.1, 0.15) is 0 Å². The van der Waals surface area contributed by atoms with Gasteiger partial charge in [0.15, 0.2) is 0 Å². The molecule has 1 aliphatic rings. The van der Waals surface area contributed by atoms with Crippen LogP contribution in [0.2, 0.25) is 0 Å². The molecule has 0 aromatic carbocycles. The molecule has 1 saturated heterocycles. The van der Waals surface area contributed by atoms with Crippen molar-refractivity contribution < 1.29 is 4.74 Å². The van der Waals surface area contributed by atoms with Gasteiger partial charge >= 0.3 is 0 Å². The first-order valence-electron chi connectivity index (χ1n) is 6.20. The van der Waals surface area contributed by atoms with Crippen molar-refractivity contribution in [2.75, 3.05) is 26.8 Å². The maximum Gasteiger partial charge on any atom is 0.0615 e. The van der Waals surface area contributed by atoms with E-state index in [0.717, 1.165) is 13.2 Å². The molecule has 3 heteroatoms. The third-order valence-electron chi connectivity index (χ3n) is 3.48. The summed E-state index contributed by atoms with van der Waals surface area (Å²) in [4.78, 5) is 2.61. The smallest absolute Gasteiger partial charge is 0.0615 e. The van der Waals surface area contributed by atoms with E-state index in [0.29, 0.717) is 18.1 Å². The van der Waals surface area contributed by atoms with E-state index in [2.05, 4.69) is 31.0 Å². The molecule has 90 valence electrons. The zero-order chi connectivity index (χ0) is 11.3. The molecule has 15 heavy (non-hydrogen) atoms. The number of nitrogens with one attached hydrogen (secondary N) is 1. The summed E-state index contributed by atoms with van der Waals surface area (Å²) in [6, 6.07) is 1.88. The van der Waals surface area contributed by atoms with Crippen LogP contribution < -0.4 is 5.32 Å². The quantitative estimate of drug-likeness (QED) is 0.750. The second kappa shape index (κ2) is 6.46. The van der Waals surface area contributed by atoms with Gasteiger partial charge in [0.25, 0.3) is 0 Å². The van der Waals surface area contributed by atoms with Crippen molar-refractivity contribution in [3.05, 3.63) is 0 Å². The molecule has 0 aromatic heterocycles. The van der Waals surface area contributed by atoms with Crippen LogP contribution in [0.3, 0.4) is 0 Å². The van der Waals surface area contributed by atoms with Crippen molar-refractivity contribution in [1.82, 2.24) is 10.2 Å². The molecular weight excluding hydrogens is 188 g/mol. The molecule has 1 N–H and O–H groups in total. The van der Waals surface area contributed by atoms with Crippen molar-refractivity contribution in [3.63, 3.8) is 0 Å². The fraction of sp³-hybridized carbons (Fsp3) is 1.00. The van der Waals surface area contributed by atoms with Crippen molar-refractivity contribution >= 4 is 0 Å². The zero-order valence-electron chi connectivity index (χ0n) is 10.6. The molecule has 0 amide bonds. The number of hydrogen-bond donors (Lipinski definition) is 1. The van der Waals surface area contributed by atoms with Gasteiger partial charge in [-0.15, -0.1) is 0 Å². The summed E-state index contributed by atoms with van der Waals surface area (Å²) >= 11 is 0. The number of hydrogen-bond acceptors (Lipinski definition) is 3. The minimum absolute atomic E-state index is 0.538. The average molecular weight is 214 g/mol. The number of nitrogens with zero attached hydrogens (tertiary/aromatic N) is 1. The highest BCUT2D eigenvalue weighted by molar-refractivity contribution is 4.87. The number of rotatable bonds is 5. The summed E-state index contributed by atoms with van der Waals surface area (Å²) < 4.78 is 5.26. The lowest BCUT2D eigenvalue weighted by atomic mass is 10.0. The third kappa shape index (κ3) is 3.44. The molecule has 3 nitrogen and oxygen atoms in total. The first kappa shape index (κ1) is 12.9. The van der Waals surface area contributed by atoms with Gasteiger partial charge < -0.3 is 10.1 Å². The normalized spacial score (nSPS) is 30.4. The van der Waals surface area contributed by atoms with Crippen LogP contribution in [0, 0.1) is 0 Å². The largest absolute Gasteiger partial charge is 0.383 e. The van der Waals surface area contributed by atoms with E-state index in [1.807, 2.05) is 0 Å². The van der Waals surface area contributed by atoms with Crippen molar-refractivity contribution in [3.8, 4) is 0 Å². The van der Waals surface area contributed by atoms with Gasteiger partial charge in [0, 0.05) is 38.3 Å². The van der Waals surface area contributed by atoms with E-state index in [-0.39, 0.29) is 0 Å². The van der Waals surface area contributed by atoms with Crippen LogP contribution in [-0.2, 0) is 4.74 Å². The molecule has 0 bridgehead atoms. The Morgan fingerprint density at radius 2 is 2.13 bits per heavy atom. The van der Waals surface area contributed by atoms with E-state index in [4.69, 9.17) is 4.74 Å². The Balaban J connectivity index is 2.54. The highest BCUT2D eigenvalue weighted by Gasteiger charge is 2.28. The lowest BCUT2D eigenvalue weighted by Crippen LogP contribution is -2.59. The second-order valence-electron chi connectivity index (χ2n) is 4.58. The predicted octanol–water partition coefficient (Wildman–Crippen LogP) is 1.48. The minimum atomic E-state index is 0.538. The van der Waals surface area contributed by atoms with E-state index in [1.165, 1.54) is 19.4 Å². The van der Waals surface area contributed by atoms with E-state index >= 15 is 0 Å². The molecule has 0 saturated carbocycles. The summed E-state index contributed by atoms with van der Waals surface area (Å²) in [5.41, 5.74) is 0. The molecule has 1 heterocycles. The zero-order valence-corrected chi connectivity index (χ0v) is 10.6. The summed E-state index contributed by atoms with van der Waals surface area (Å²) in [6.45, 7) is 9.92. The molecule has 3 atom stereocenters. The van der Waals surface area contributed by atoms with Gasteiger partial charge in [0.05, 0.1) is 6.61 Å². The molecule has 1 rings (SSSR count). The Kier molecular flexibility index (Phi) is 5.58. The molecular formula is C12H26N2O. The van der Waals surface area contributed by atoms with Crippen LogP contribution in [0.25, 0.3) is 0 Å². The van der Waals surface area contributed by atoms with Crippen LogP contribution in [0.1, 0.15) is 33.6 Å². The Morgan fingerprint density at radius 3 is 2.67 bits per heavy atom. The molecule has 1 fully saturated rings. The monoisotopic (exact) mass is 214 g/mol. The third-order valence-corrected chi connectivity index (χ3v) is 3.48. The van der Waals surface area contributed by atoms with E-state index in [9.17, 15) is 0 Å². The summed E-state index contributed by atoms with van der Waals surface area (Å²) in [5, 5.41) is 3.61. The van der Waals surface area contributed by atoms with Gasteiger partial charge in [-0.3, -0.25) is 4.90 Å². The van der Waals surface area contributed by atoms with Crippen molar-refractivity contribution in [2.24, 2.45) is 0 Å². The minimum Gasteiger partial charge on any atom is -0.383 e. The predicted molar refractivity (Wildman–Crippen MR) is 64.2 cm³/mol. The van der Waals surface area contributed by atoms with Crippen molar-refractivity contribution in [1.29, 1.82) is 0 Å². The maximum atomic E-state index is 5.26. The summed E-state index contributed by atoms with van der Waals surface area (Å²) in [5.74, 6) is 0. The standard InChI is InChI=1S/C12H26N2O/c1-5-11-8-14(10(3)9-15-4)12(6-2)7-13-11/h10-13H,5-9H2,1-4H3. The number of ether oxygens (including phenoxy) is 1. The van der Waals surface area contributed by atoms with Gasteiger partial charge in [0.2, 0.25) is 0 Å². The van der Waals surface area contributed by atoms with Gasteiger partial charge in [-0.1, -0.05) is 13.8 Å². The molecule has 0 aliphatic carbocycles. The summed E-state index contributed by atoms with van der Waals surface area (Å²) in [6.07, 6.45) is 2.43. The van der Waals surface area contributed by atoms with Crippen LogP contribution in [0.4, 0.5) is 0 Å². The highest BCUT2D eigenvalue weighted by Crippen LogP contribution is 2.15.